The average molecular weight is 856 g/mol. The Hall–Kier alpha value is -5.57. The summed E-state index contributed by atoms with van der Waals surface area (Å²) in [7, 11) is 4.56. The van der Waals surface area contributed by atoms with E-state index in [1.165, 1.54) is 14.2 Å². The van der Waals surface area contributed by atoms with E-state index >= 15 is 0 Å². The average Bonchev–Trinajstić information content (AvgIpc) is 3.29. The molecule has 334 valence electrons. The lowest BCUT2D eigenvalue weighted by atomic mass is 9.55. The van der Waals surface area contributed by atoms with E-state index in [2.05, 4.69) is 23.1 Å². The lowest BCUT2D eigenvalue weighted by Crippen LogP contribution is -2.70. The molecule has 2 aliphatic carbocycles. The Morgan fingerprint density at radius 1 is 0.968 bits per heavy atom. The third kappa shape index (κ3) is 10.2. The van der Waals surface area contributed by atoms with Crippen LogP contribution in [0.2, 0.25) is 0 Å². The molecule has 0 aromatic heterocycles. The molecule has 62 heavy (non-hydrogen) atoms. The molecule has 6 rings (SSSR count). The first-order valence-corrected chi connectivity index (χ1v) is 21.5. The predicted molar refractivity (Wildman–Crippen MR) is 235 cm³/mol. The number of carbonyl (C=O) groups is 2. The zero-order valence-electron chi connectivity index (χ0n) is 36.3. The van der Waals surface area contributed by atoms with E-state index in [4.69, 9.17) is 33.3 Å². The summed E-state index contributed by atoms with van der Waals surface area (Å²) in [6.45, 7) is 6.67. The summed E-state index contributed by atoms with van der Waals surface area (Å²) in [4.78, 5) is 35.2. The van der Waals surface area contributed by atoms with Gasteiger partial charge in [-0.1, -0.05) is 67.4 Å². The number of nitrogens with zero attached hydrogens (tertiary/aromatic N) is 2. The van der Waals surface area contributed by atoms with Crippen LogP contribution in [-0.2, 0) is 20.9 Å². The first kappa shape index (κ1) is 45.9. The first-order valence-electron chi connectivity index (χ1n) is 21.5. The molecule has 2 amide bonds. The highest BCUT2D eigenvalue weighted by Gasteiger charge is 2.65. The van der Waals surface area contributed by atoms with E-state index in [1.807, 2.05) is 43.3 Å². The normalized spacial score (nSPS) is 22.8. The molecule has 0 bridgehead atoms. The van der Waals surface area contributed by atoms with Crippen LogP contribution in [-0.4, -0.2) is 92.5 Å². The number of ether oxygens (including phenoxy) is 6. The van der Waals surface area contributed by atoms with Gasteiger partial charge in [-0.25, -0.2) is 9.59 Å². The number of allylic oxidation sites excluding steroid dienone is 1. The van der Waals surface area contributed by atoms with Gasteiger partial charge in [0.1, 0.15) is 42.8 Å². The van der Waals surface area contributed by atoms with Crippen molar-refractivity contribution in [1.29, 1.82) is 0 Å². The van der Waals surface area contributed by atoms with E-state index in [0.717, 1.165) is 42.4 Å². The van der Waals surface area contributed by atoms with Crippen LogP contribution in [0.5, 0.6) is 23.0 Å². The molecule has 3 aliphatic rings. The molecule has 1 saturated carbocycles. The summed E-state index contributed by atoms with van der Waals surface area (Å²) < 4.78 is 37.0. The SMILES string of the molecule is C=CCOC12Oc3ccc(OC(=O)Nc4ccc(OC)cc4OC)cc3C3C(CCCCO)C(CCCCO)C=C(C(=NOC)CC1N(CCC)C(=O)OCc1ccccc1)C32. The van der Waals surface area contributed by atoms with Crippen molar-refractivity contribution in [2.24, 2.45) is 22.9 Å². The van der Waals surface area contributed by atoms with Crippen LogP contribution in [0.25, 0.3) is 0 Å². The number of rotatable bonds is 21. The van der Waals surface area contributed by atoms with Crippen LogP contribution in [0.1, 0.15) is 75.3 Å². The molecule has 1 fully saturated rings. The van der Waals surface area contributed by atoms with Gasteiger partial charge in [0.25, 0.3) is 0 Å². The highest BCUT2D eigenvalue weighted by Crippen LogP contribution is 2.62. The Morgan fingerprint density at radius 3 is 2.42 bits per heavy atom. The first-order chi connectivity index (χ1) is 30.2. The largest absolute Gasteiger partial charge is 0.497 e. The quantitative estimate of drug-likeness (QED) is 0.0533. The minimum atomic E-state index is -1.46. The molecular formula is C48H61N3O11. The third-order valence-electron chi connectivity index (χ3n) is 12.0. The number of amides is 2. The van der Waals surface area contributed by atoms with E-state index in [1.54, 1.807) is 48.4 Å². The van der Waals surface area contributed by atoms with Crippen molar-refractivity contribution in [2.75, 3.05) is 53.0 Å². The number of nitrogens with one attached hydrogen (secondary N) is 1. The fraction of sp³-hybridized carbons (Fsp3) is 0.479. The van der Waals surface area contributed by atoms with Crippen molar-refractivity contribution in [3.8, 4) is 23.0 Å². The van der Waals surface area contributed by atoms with E-state index in [9.17, 15) is 19.8 Å². The van der Waals surface area contributed by atoms with Crippen LogP contribution in [0.15, 0.2) is 96.2 Å². The third-order valence-corrected chi connectivity index (χ3v) is 12.0. The Bertz CT molecular complexity index is 2040. The zero-order chi connectivity index (χ0) is 44.1. The number of aliphatic hydroxyl groups excluding tert-OH is 2. The number of oxime groups is 1. The van der Waals surface area contributed by atoms with Gasteiger partial charge in [0.05, 0.1) is 38.1 Å². The molecule has 3 N–H and O–H groups in total. The Kier molecular flexibility index (Phi) is 16.3. The number of hydrogen-bond donors (Lipinski definition) is 3. The maximum atomic E-state index is 14.4. The summed E-state index contributed by atoms with van der Waals surface area (Å²) in [5.41, 5.74) is 3.61. The molecule has 14 heteroatoms. The van der Waals surface area contributed by atoms with Gasteiger partial charge in [-0.15, -0.1) is 6.58 Å². The lowest BCUT2D eigenvalue weighted by Gasteiger charge is -2.59. The van der Waals surface area contributed by atoms with Gasteiger partial charge in [0, 0.05) is 43.7 Å². The molecule has 3 aromatic rings. The second kappa shape index (κ2) is 22.0. The smallest absolute Gasteiger partial charge is 0.417 e. The van der Waals surface area contributed by atoms with Crippen LogP contribution in [0, 0.1) is 17.8 Å². The maximum Gasteiger partial charge on any atom is 0.417 e. The van der Waals surface area contributed by atoms with Gasteiger partial charge in [0.15, 0.2) is 0 Å². The minimum absolute atomic E-state index is 0.0242. The molecule has 6 unspecified atom stereocenters. The number of benzene rings is 3. The summed E-state index contributed by atoms with van der Waals surface area (Å²) in [5.74, 6) is -0.535. The number of fused-ring (bicyclic) bond motifs is 2. The summed E-state index contributed by atoms with van der Waals surface area (Å²) in [6.07, 6.45) is 7.89. The van der Waals surface area contributed by atoms with Crippen molar-refractivity contribution < 1.29 is 53.1 Å². The highest BCUT2D eigenvalue weighted by molar-refractivity contribution is 6.03. The summed E-state index contributed by atoms with van der Waals surface area (Å²) >= 11 is 0. The van der Waals surface area contributed by atoms with Gasteiger partial charge in [-0.05, 0) is 85.4 Å². The van der Waals surface area contributed by atoms with Crippen LogP contribution < -0.4 is 24.3 Å². The molecular weight excluding hydrogens is 795 g/mol. The van der Waals surface area contributed by atoms with E-state index in [0.29, 0.717) is 54.5 Å². The molecule has 3 aromatic carbocycles. The van der Waals surface area contributed by atoms with Crippen molar-refractivity contribution >= 4 is 23.6 Å². The standard InChI is InChI=1S/C48H61N3O11/c1-6-23-51(47(55)59-31-32-15-9-8-10-16-32)43-30-40(50-58-5)37-27-33(17-11-13-24-52)36(18-12-14-25-53)44-38-28-35(20-22-41(38)62-48(43,45(37)44)60-26-7-2)61-46(54)49-39-21-19-34(56-3)29-42(39)57-4/h7-10,15-16,19-22,27-29,33,36,43-45,52-53H,2,6,11-14,17-18,23-26,30-31H2,1,3-5H3,(H,49,54). The fourth-order valence-electron chi connectivity index (χ4n) is 9.38. The number of carbonyl (C=O) groups excluding carboxylic acids is 2. The minimum Gasteiger partial charge on any atom is -0.497 e. The predicted octanol–water partition coefficient (Wildman–Crippen LogP) is 8.63. The van der Waals surface area contributed by atoms with Crippen molar-refractivity contribution in [3.63, 3.8) is 0 Å². The van der Waals surface area contributed by atoms with E-state index < -0.39 is 29.9 Å². The Balaban J connectivity index is 1.49. The maximum absolute atomic E-state index is 14.4. The fourth-order valence-corrected chi connectivity index (χ4v) is 9.38. The van der Waals surface area contributed by atoms with Gasteiger partial charge < -0.3 is 43.5 Å². The van der Waals surface area contributed by atoms with Gasteiger partial charge >= 0.3 is 12.2 Å². The molecule has 1 heterocycles. The van der Waals surface area contributed by atoms with Gasteiger partial charge in [-0.3, -0.25) is 10.2 Å². The van der Waals surface area contributed by atoms with Crippen molar-refractivity contribution in [3.05, 3.63) is 102 Å². The lowest BCUT2D eigenvalue weighted by molar-refractivity contribution is -0.255. The number of anilines is 1. The second-order valence-electron chi connectivity index (χ2n) is 15.8. The van der Waals surface area contributed by atoms with Crippen molar-refractivity contribution in [2.45, 2.75) is 82.6 Å². The molecule has 14 nitrogen and oxygen atoms in total. The van der Waals surface area contributed by atoms with Crippen LogP contribution in [0.4, 0.5) is 15.3 Å². The summed E-state index contributed by atoms with van der Waals surface area (Å²) in [5, 5.41) is 27.2. The zero-order valence-corrected chi connectivity index (χ0v) is 36.3. The number of unbranched alkanes of at least 4 members (excludes halogenated alkanes) is 2. The Labute approximate surface area is 364 Å². The molecule has 0 saturated heterocycles. The number of methoxy groups -OCH3 is 2. The number of hydrogen-bond acceptors (Lipinski definition) is 12. The van der Waals surface area contributed by atoms with Crippen LogP contribution in [0.3, 0.4) is 0 Å². The molecule has 0 radical (unpaired) electrons. The number of aliphatic hydroxyl groups is 2. The summed E-state index contributed by atoms with van der Waals surface area (Å²) in [6, 6.07) is 19.2. The van der Waals surface area contributed by atoms with Crippen LogP contribution >= 0.6 is 0 Å². The van der Waals surface area contributed by atoms with Gasteiger partial charge in [0.2, 0.25) is 5.79 Å². The van der Waals surface area contributed by atoms with Crippen molar-refractivity contribution in [1.82, 2.24) is 4.90 Å². The Morgan fingerprint density at radius 2 is 1.73 bits per heavy atom. The molecule has 0 spiro atoms. The second-order valence-corrected chi connectivity index (χ2v) is 15.8. The monoisotopic (exact) mass is 855 g/mol. The molecule has 6 atom stereocenters. The molecule has 1 aliphatic heterocycles. The van der Waals surface area contributed by atoms with Gasteiger partial charge in [-0.2, -0.15) is 0 Å². The highest BCUT2D eigenvalue weighted by atomic mass is 16.7. The van der Waals surface area contributed by atoms with E-state index in [-0.39, 0.29) is 56.4 Å². The topological polar surface area (TPSA) is 167 Å².